The summed E-state index contributed by atoms with van der Waals surface area (Å²) in [6, 6.07) is 0. The van der Waals surface area contributed by atoms with Crippen LogP contribution >= 0.6 is 0 Å². The van der Waals surface area contributed by atoms with Gasteiger partial charge in [0, 0.05) is 13.1 Å². The lowest BCUT2D eigenvalue weighted by molar-refractivity contribution is 0.194. The molecule has 0 fully saturated rings. The van der Waals surface area contributed by atoms with E-state index in [1.54, 1.807) is 0 Å². The Labute approximate surface area is 58.2 Å². The van der Waals surface area contributed by atoms with Crippen molar-refractivity contribution in [1.29, 1.82) is 0 Å². The second-order valence-electron chi connectivity index (χ2n) is 2.66. The first-order chi connectivity index (χ1) is 4.20. The van der Waals surface area contributed by atoms with E-state index in [4.69, 9.17) is 0 Å². The summed E-state index contributed by atoms with van der Waals surface area (Å²) in [4.78, 5) is 0. The lowest BCUT2D eigenvalue weighted by atomic mass is 10.2. The van der Waals surface area contributed by atoms with E-state index in [1.807, 2.05) is 7.05 Å². The van der Waals surface area contributed by atoms with E-state index < -0.39 is 0 Å². The largest absolute Gasteiger partial charge is 0.258 e. The van der Waals surface area contributed by atoms with Crippen molar-refractivity contribution in [3.8, 4) is 0 Å². The first-order valence-corrected chi connectivity index (χ1v) is 3.63. The maximum Gasteiger partial charge on any atom is 0.0153 e. The molecular formula is C7H18N2. The Balaban J connectivity index is 3.31. The maximum atomic E-state index is 3.12. The van der Waals surface area contributed by atoms with E-state index in [2.05, 4.69) is 31.2 Å². The molecular weight excluding hydrogens is 112 g/mol. The van der Waals surface area contributed by atoms with Crippen molar-refractivity contribution in [2.24, 2.45) is 5.92 Å². The molecule has 0 saturated carbocycles. The summed E-state index contributed by atoms with van der Waals surface area (Å²) in [6.45, 7) is 8.81. The molecule has 0 aromatic rings. The van der Waals surface area contributed by atoms with Crippen molar-refractivity contribution < 1.29 is 0 Å². The summed E-state index contributed by atoms with van der Waals surface area (Å²) in [6.07, 6.45) is 0. The summed E-state index contributed by atoms with van der Waals surface area (Å²) in [5.41, 5.74) is 3.12. The van der Waals surface area contributed by atoms with Crippen molar-refractivity contribution in [3.63, 3.8) is 0 Å². The number of nitrogens with zero attached hydrogens (tertiary/aromatic N) is 1. The third-order valence-electron chi connectivity index (χ3n) is 1.28. The van der Waals surface area contributed by atoms with Gasteiger partial charge in [0.1, 0.15) is 0 Å². The Morgan fingerprint density at radius 3 is 2.11 bits per heavy atom. The number of hydrogen-bond donors (Lipinski definition) is 1. The number of hydrazine groups is 1. The van der Waals surface area contributed by atoms with Gasteiger partial charge in [-0.25, -0.2) is 5.01 Å². The van der Waals surface area contributed by atoms with E-state index >= 15 is 0 Å². The van der Waals surface area contributed by atoms with Crippen LogP contribution in [0.25, 0.3) is 0 Å². The predicted molar refractivity (Wildman–Crippen MR) is 41.1 cm³/mol. The zero-order valence-electron chi connectivity index (χ0n) is 6.94. The van der Waals surface area contributed by atoms with Crippen LogP contribution in [0.4, 0.5) is 0 Å². The van der Waals surface area contributed by atoms with Gasteiger partial charge >= 0.3 is 0 Å². The van der Waals surface area contributed by atoms with E-state index in [-0.39, 0.29) is 0 Å². The first-order valence-electron chi connectivity index (χ1n) is 3.63. The number of hydrogen-bond acceptors (Lipinski definition) is 2. The van der Waals surface area contributed by atoms with E-state index in [1.165, 1.54) is 0 Å². The van der Waals surface area contributed by atoms with Crippen LogP contribution in [0.5, 0.6) is 0 Å². The summed E-state index contributed by atoms with van der Waals surface area (Å²) in [7, 11) is 1.96. The molecule has 0 aliphatic carbocycles. The van der Waals surface area contributed by atoms with Crippen LogP contribution in [0.1, 0.15) is 20.8 Å². The zero-order chi connectivity index (χ0) is 7.28. The minimum atomic E-state index is 0.748. The SMILES string of the molecule is CCN(CC(C)C)NC. The van der Waals surface area contributed by atoms with Gasteiger partial charge in [-0.05, 0) is 13.0 Å². The molecule has 0 rings (SSSR count). The molecule has 0 heterocycles. The Hall–Kier alpha value is -0.0800. The van der Waals surface area contributed by atoms with Crippen molar-refractivity contribution in [2.45, 2.75) is 20.8 Å². The monoisotopic (exact) mass is 130 g/mol. The van der Waals surface area contributed by atoms with Gasteiger partial charge in [-0.3, -0.25) is 5.43 Å². The van der Waals surface area contributed by atoms with Gasteiger partial charge in [-0.15, -0.1) is 0 Å². The smallest absolute Gasteiger partial charge is 0.0153 e. The molecule has 9 heavy (non-hydrogen) atoms. The lowest BCUT2D eigenvalue weighted by Crippen LogP contribution is -2.37. The van der Waals surface area contributed by atoms with Crippen LogP contribution in [0.3, 0.4) is 0 Å². The highest BCUT2D eigenvalue weighted by Crippen LogP contribution is 1.93. The van der Waals surface area contributed by atoms with E-state index in [0.29, 0.717) is 0 Å². The molecule has 0 aromatic carbocycles. The first kappa shape index (κ1) is 8.92. The molecule has 2 nitrogen and oxygen atoms in total. The third kappa shape index (κ3) is 4.43. The van der Waals surface area contributed by atoms with Crippen LogP contribution in [0.15, 0.2) is 0 Å². The molecule has 2 heteroatoms. The van der Waals surface area contributed by atoms with E-state index in [9.17, 15) is 0 Å². The second-order valence-corrected chi connectivity index (χ2v) is 2.66. The molecule has 56 valence electrons. The van der Waals surface area contributed by atoms with Crippen LogP contribution in [-0.2, 0) is 0 Å². The molecule has 0 saturated heterocycles. The quantitative estimate of drug-likeness (QED) is 0.573. The average molecular weight is 130 g/mol. The summed E-state index contributed by atoms with van der Waals surface area (Å²) in [5.74, 6) is 0.748. The minimum Gasteiger partial charge on any atom is -0.258 e. The van der Waals surface area contributed by atoms with Crippen LogP contribution in [0.2, 0.25) is 0 Å². The van der Waals surface area contributed by atoms with Gasteiger partial charge in [0.15, 0.2) is 0 Å². The Bertz CT molecular complexity index is 57.9. The van der Waals surface area contributed by atoms with Gasteiger partial charge in [0.2, 0.25) is 0 Å². The van der Waals surface area contributed by atoms with Gasteiger partial charge in [-0.1, -0.05) is 20.8 Å². The fourth-order valence-corrected chi connectivity index (χ4v) is 0.819. The molecule has 0 unspecified atom stereocenters. The van der Waals surface area contributed by atoms with Gasteiger partial charge < -0.3 is 0 Å². The predicted octanol–water partition coefficient (Wildman–Crippen LogP) is 1.10. The molecule has 0 radical (unpaired) electrons. The second kappa shape index (κ2) is 4.77. The van der Waals surface area contributed by atoms with Crippen molar-refractivity contribution >= 4 is 0 Å². The highest BCUT2D eigenvalue weighted by molar-refractivity contribution is 4.50. The Kier molecular flexibility index (Phi) is 4.72. The number of rotatable bonds is 4. The van der Waals surface area contributed by atoms with E-state index in [0.717, 1.165) is 19.0 Å². The summed E-state index contributed by atoms with van der Waals surface area (Å²) < 4.78 is 0. The molecule has 0 atom stereocenters. The van der Waals surface area contributed by atoms with Crippen LogP contribution in [-0.4, -0.2) is 25.1 Å². The van der Waals surface area contributed by atoms with Crippen molar-refractivity contribution in [2.75, 3.05) is 20.1 Å². The maximum absolute atomic E-state index is 3.12. The molecule has 0 amide bonds. The lowest BCUT2D eigenvalue weighted by Gasteiger charge is -2.20. The molecule has 0 aliphatic rings. The average Bonchev–Trinajstić information content (AvgIpc) is 1.82. The molecule has 0 spiro atoms. The summed E-state index contributed by atoms with van der Waals surface area (Å²) in [5, 5.41) is 2.20. The molecule has 1 N–H and O–H groups in total. The normalized spacial score (nSPS) is 11.3. The van der Waals surface area contributed by atoms with Crippen molar-refractivity contribution in [3.05, 3.63) is 0 Å². The van der Waals surface area contributed by atoms with Gasteiger partial charge in [0.25, 0.3) is 0 Å². The highest BCUT2D eigenvalue weighted by atomic mass is 15.5. The fraction of sp³-hybridized carbons (Fsp3) is 1.00. The summed E-state index contributed by atoms with van der Waals surface area (Å²) >= 11 is 0. The minimum absolute atomic E-state index is 0.748. The van der Waals surface area contributed by atoms with Gasteiger partial charge in [0.05, 0.1) is 0 Å². The standard InChI is InChI=1S/C7H18N2/c1-5-9(8-4)6-7(2)3/h7-8H,5-6H2,1-4H3. The molecule has 0 aromatic heterocycles. The highest BCUT2D eigenvalue weighted by Gasteiger charge is 1.99. The fourth-order valence-electron chi connectivity index (χ4n) is 0.819. The molecule has 0 bridgehead atoms. The molecule has 0 aliphatic heterocycles. The van der Waals surface area contributed by atoms with Crippen LogP contribution < -0.4 is 5.43 Å². The Morgan fingerprint density at radius 2 is 2.00 bits per heavy atom. The number of nitrogens with one attached hydrogen (secondary N) is 1. The Morgan fingerprint density at radius 1 is 1.44 bits per heavy atom. The zero-order valence-corrected chi connectivity index (χ0v) is 6.94. The van der Waals surface area contributed by atoms with Gasteiger partial charge in [-0.2, -0.15) is 0 Å². The topological polar surface area (TPSA) is 15.3 Å². The van der Waals surface area contributed by atoms with Crippen LogP contribution in [0, 0.1) is 5.92 Å². The van der Waals surface area contributed by atoms with Crippen molar-refractivity contribution in [1.82, 2.24) is 10.4 Å². The third-order valence-corrected chi connectivity index (χ3v) is 1.28.